The molecule has 196 valence electrons. The first-order valence-corrected chi connectivity index (χ1v) is 14.6. The number of benzene rings is 3. The lowest BCUT2D eigenvalue weighted by Gasteiger charge is -2.46. The minimum atomic E-state index is -3.37. The lowest BCUT2D eigenvalue weighted by atomic mass is 9.83. The van der Waals surface area contributed by atoms with Crippen LogP contribution in [0.2, 0.25) is 5.02 Å². The predicted molar refractivity (Wildman–Crippen MR) is 151 cm³/mol. The highest BCUT2D eigenvalue weighted by Crippen LogP contribution is 2.60. The van der Waals surface area contributed by atoms with Crippen molar-refractivity contribution in [2.45, 2.75) is 50.0 Å². The fourth-order valence-corrected chi connectivity index (χ4v) is 7.81. The molecule has 1 aliphatic carbocycles. The fraction of sp³-hybridized carbons (Fsp3) is 0.345. The standard InChI is InChI=1S/C29H33ClN2O4S/c1-19-22(14-9-15-23(19)29(33)34)24-16-28-26(17-25(24)30)32(21-12-7-4-8-13-21)18-27(31(2)37(28,35)36)20-10-5-3-6-11-20/h4,7-9,12-17,20,27,35-36H,3,5-6,10-11,18H2,1-2H3,(H,33,34). The summed E-state index contributed by atoms with van der Waals surface area (Å²) >= 11 is 6.88. The summed E-state index contributed by atoms with van der Waals surface area (Å²) < 4.78 is 25.4. The fourth-order valence-electron chi connectivity index (χ4n) is 5.90. The van der Waals surface area contributed by atoms with Gasteiger partial charge in [0.1, 0.15) is 0 Å². The summed E-state index contributed by atoms with van der Waals surface area (Å²) in [7, 11) is -1.55. The highest BCUT2D eigenvalue weighted by Gasteiger charge is 2.41. The quantitative estimate of drug-likeness (QED) is 0.310. The molecule has 1 aliphatic heterocycles. The number of halogens is 1. The first-order valence-electron chi connectivity index (χ1n) is 12.7. The molecule has 2 aliphatic rings. The maximum atomic E-state index is 11.8. The maximum absolute atomic E-state index is 11.8. The number of hydrogen-bond acceptors (Lipinski definition) is 5. The third-order valence-corrected chi connectivity index (χ3v) is 10.3. The van der Waals surface area contributed by atoms with E-state index in [1.165, 1.54) is 6.42 Å². The molecule has 0 radical (unpaired) electrons. The van der Waals surface area contributed by atoms with Crippen LogP contribution in [0.25, 0.3) is 11.1 Å². The van der Waals surface area contributed by atoms with Crippen molar-refractivity contribution in [2.24, 2.45) is 5.92 Å². The molecule has 1 unspecified atom stereocenters. The second-order valence-corrected chi connectivity index (χ2v) is 12.5. The second kappa shape index (κ2) is 10.3. The van der Waals surface area contributed by atoms with Crippen LogP contribution in [0.5, 0.6) is 0 Å². The number of anilines is 2. The number of likely N-dealkylation sites (N-methyl/N-ethyl adjacent to an activating group) is 1. The Morgan fingerprint density at radius 3 is 2.35 bits per heavy atom. The Labute approximate surface area is 225 Å². The number of nitrogens with zero attached hydrogens (tertiary/aromatic N) is 2. The Balaban J connectivity index is 1.71. The van der Waals surface area contributed by atoms with E-state index < -0.39 is 16.7 Å². The van der Waals surface area contributed by atoms with Gasteiger partial charge in [0.25, 0.3) is 0 Å². The topological polar surface area (TPSA) is 84.2 Å². The Kier molecular flexibility index (Phi) is 7.27. The molecule has 1 fully saturated rings. The Morgan fingerprint density at radius 2 is 1.68 bits per heavy atom. The molecule has 0 saturated heterocycles. The molecule has 6 nitrogen and oxygen atoms in total. The number of hydrogen-bond donors (Lipinski definition) is 3. The molecule has 1 saturated carbocycles. The van der Waals surface area contributed by atoms with Gasteiger partial charge in [-0.05, 0) is 67.1 Å². The number of carboxylic acid groups (broad SMARTS) is 1. The van der Waals surface area contributed by atoms with Crippen molar-refractivity contribution in [3.05, 3.63) is 76.8 Å². The third-order valence-electron chi connectivity index (χ3n) is 7.99. The molecule has 5 rings (SSSR count). The highest BCUT2D eigenvalue weighted by atomic mass is 35.5. The van der Waals surface area contributed by atoms with Gasteiger partial charge in [-0.2, -0.15) is 4.31 Å². The molecule has 3 aromatic carbocycles. The summed E-state index contributed by atoms with van der Waals surface area (Å²) in [6, 6.07) is 18.5. The predicted octanol–water partition coefficient (Wildman–Crippen LogP) is 8.07. The zero-order chi connectivity index (χ0) is 26.3. The molecule has 8 heteroatoms. The molecule has 37 heavy (non-hydrogen) atoms. The van der Waals surface area contributed by atoms with Gasteiger partial charge < -0.3 is 10.0 Å². The van der Waals surface area contributed by atoms with Crippen LogP contribution in [0.1, 0.15) is 48.0 Å². The van der Waals surface area contributed by atoms with Crippen molar-refractivity contribution in [3.8, 4) is 11.1 Å². The van der Waals surface area contributed by atoms with Crippen LogP contribution in [-0.4, -0.2) is 44.1 Å². The van der Waals surface area contributed by atoms with Crippen LogP contribution < -0.4 is 4.90 Å². The van der Waals surface area contributed by atoms with E-state index in [0.29, 0.717) is 44.8 Å². The Bertz CT molecular complexity index is 1310. The zero-order valence-corrected chi connectivity index (χ0v) is 22.7. The van der Waals surface area contributed by atoms with E-state index in [9.17, 15) is 19.0 Å². The van der Waals surface area contributed by atoms with Gasteiger partial charge in [-0.3, -0.25) is 9.11 Å². The van der Waals surface area contributed by atoms with E-state index in [1.807, 2.05) is 43.4 Å². The van der Waals surface area contributed by atoms with Gasteiger partial charge in [-0.15, -0.1) is 10.8 Å². The largest absolute Gasteiger partial charge is 0.478 e. The SMILES string of the molecule is Cc1c(C(=O)O)cccc1-c1cc2c(cc1Cl)N(c1ccccc1)CC(C1CCCCC1)N(C)S2(O)O. The van der Waals surface area contributed by atoms with Crippen molar-refractivity contribution in [3.63, 3.8) is 0 Å². The first kappa shape index (κ1) is 26.1. The van der Waals surface area contributed by atoms with Gasteiger partial charge in [0.05, 0.1) is 21.2 Å². The number of fused-ring (bicyclic) bond motifs is 1. The van der Waals surface area contributed by atoms with Gasteiger partial charge in [0.15, 0.2) is 0 Å². The van der Waals surface area contributed by atoms with Crippen LogP contribution in [0.4, 0.5) is 11.4 Å². The minimum absolute atomic E-state index is 0.0581. The monoisotopic (exact) mass is 540 g/mol. The summed E-state index contributed by atoms with van der Waals surface area (Å²) in [5.74, 6) is -0.658. The van der Waals surface area contributed by atoms with E-state index in [4.69, 9.17) is 11.6 Å². The number of para-hydroxylation sites is 1. The van der Waals surface area contributed by atoms with Gasteiger partial charge in [-0.25, -0.2) is 4.79 Å². The highest BCUT2D eigenvalue weighted by molar-refractivity contribution is 8.22. The van der Waals surface area contributed by atoms with Crippen LogP contribution in [0.3, 0.4) is 0 Å². The molecule has 1 atom stereocenters. The summed E-state index contributed by atoms with van der Waals surface area (Å²) in [4.78, 5) is 14.3. The van der Waals surface area contributed by atoms with Crippen molar-refractivity contribution >= 4 is 39.7 Å². The van der Waals surface area contributed by atoms with Gasteiger partial charge in [-0.1, -0.05) is 61.2 Å². The summed E-state index contributed by atoms with van der Waals surface area (Å²) in [5.41, 5.74) is 3.63. The molecule has 0 spiro atoms. The third kappa shape index (κ3) is 4.75. The number of carboxylic acids is 1. The lowest BCUT2D eigenvalue weighted by molar-refractivity contribution is 0.0696. The lowest BCUT2D eigenvalue weighted by Crippen LogP contribution is -2.45. The van der Waals surface area contributed by atoms with E-state index >= 15 is 0 Å². The van der Waals surface area contributed by atoms with E-state index in [1.54, 1.807) is 35.5 Å². The van der Waals surface area contributed by atoms with Crippen molar-refractivity contribution in [1.29, 1.82) is 0 Å². The van der Waals surface area contributed by atoms with Gasteiger partial charge in [0, 0.05) is 30.9 Å². The smallest absolute Gasteiger partial charge is 0.335 e. The van der Waals surface area contributed by atoms with E-state index in [0.717, 1.165) is 31.4 Å². The van der Waals surface area contributed by atoms with Crippen molar-refractivity contribution in [1.82, 2.24) is 4.31 Å². The molecule has 0 aromatic heterocycles. The number of rotatable bonds is 4. The first-order chi connectivity index (χ1) is 17.7. The molecule has 0 amide bonds. The average Bonchev–Trinajstić information content (AvgIpc) is 2.97. The molecule has 1 heterocycles. The zero-order valence-electron chi connectivity index (χ0n) is 21.1. The Hall–Kier alpha value is -2.55. The second-order valence-electron chi connectivity index (χ2n) is 10.1. The summed E-state index contributed by atoms with van der Waals surface area (Å²) in [5, 5.41) is 10.1. The van der Waals surface area contributed by atoms with Crippen molar-refractivity contribution < 1.29 is 19.0 Å². The van der Waals surface area contributed by atoms with E-state index in [-0.39, 0.29) is 11.6 Å². The average molecular weight is 541 g/mol. The van der Waals surface area contributed by atoms with Crippen LogP contribution in [0.15, 0.2) is 65.6 Å². The molecule has 0 bridgehead atoms. The van der Waals surface area contributed by atoms with Crippen LogP contribution in [0, 0.1) is 12.8 Å². The van der Waals surface area contributed by atoms with E-state index in [2.05, 4.69) is 4.90 Å². The summed E-state index contributed by atoms with van der Waals surface area (Å²) in [6.45, 7) is 2.36. The number of aromatic carboxylic acids is 1. The molecular formula is C29H33ClN2O4S. The van der Waals surface area contributed by atoms with Gasteiger partial charge in [0.2, 0.25) is 0 Å². The molecular weight excluding hydrogens is 508 g/mol. The summed E-state index contributed by atoms with van der Waals surface area (Å²) in [6.07, 6.45) is 5.66. The normalized spacial score (nSPS) is 21.2. The Morgan fingerprint density at radius 1 is 0.973 bits per heavy atom. The minimum Gasteiger partial charge on any atom is -0.478 e. The van der Waals surface area contributed by atoms with Gasteiger partial charge >= 0.3 is 5.97 Å². The number of carbonyl (C=O) groups is 1. The van der Waals surface area contributed by atoms with Crippen LogP contribution in [-0.2, 0) is 0 Å². The molecule has 3 aromatic rings. The molecule has 3 N–H and O–H groups in total. The maximum Gasteiger partial charge on any atom is 0.335 e. The van der Waals surface area contributed by atoms with Crippen molar-refractivity contribution in [2.75, 3.05) is 18.5 Å². The van der Waals surface area contributed by atoms with Crippen LogP contribution >= 0.6 is 22.4 Å².